The highest BCUT2D eigenvalue weighted by atomic mass is 35.5. The van der Waals surface area contributed by atoms with Gasteiger partial charge in [-0.1, -0.05) is 41.9 Å². The van der Waals surface area contributed by atoms with Gasteiger partial charge in [0.15, 0.2) is 5.69 Å². The van der Waals surface area contributed by atoms with Crippen LogP contribution in [0.4, 0.5) is 11.5 Å². The van der Waals surface area contributed by atoms with E-state index >= 15 is 0 Å². The zero-order valence-corrected chi connectivity index (χ0v) is 15.1. The lowest BCUT2D eigenvalue weighted by molar-refractivity contribution is 0.102. The minimum atomic E-state index is -0.307. The number of amides is 1. The Bertz CT molecular complexity index is 882. The predicted octanol–water partition coefficient (Wildman–Crippen LogP) is 4.35. The van der Waals surface area contributed by atoms with Crippen molar-refractivity contribution >= 4 is 29.0 Å². The van der Waals surface area contributed by atoms with Crippen molar-refractivity contribution in [2.24, 2.45) is 0 Å². The molecule has 0 radical (unpaired) electrons. The number of aromatic nitrogens is 2. The minimum absolute atomic E-state index is 0.257. The molecule has 1 heterocycles. The standard InChI is InChI=1S/C20H19ClN4O/c1-14-13-16(21)7-8-17(14)23-20(26)18-9-10-19(25-24-18)22-12-11-15-5-3-2-4-6-15/h2-10,13H,11-12H2,1H3,(H,22,25)(H,23,26). The quantitative estimate of drug-likeness (QED) is 0.680. The first kappa shape index (κ1) is 17.9. The SMILES string of the molecule is Cc1cc(Cl)ccc1NC(=O)c1ccc(NCCc2ccccc2)nn1. The van der Waals surface area contributed by atoms with Gasteiger partial charge in [0, 0.05) is 17.3 Å². The van der Waals surface area contributed by atoms with Crippen LogP contribution in [0.5, 0.6) is 0 Å². The van der Waals surface area contributed by atoms with Crippen LogP contribution in [0.15, 0.2) is 60.7 Å². The number of benzene rings is 2. The lowest BCUT2D eigenvalue weighted by Crippen LogP contribution is -2.16. The van der Waals surface area contributed by atoms with Crippen molar-refractivity contribution in [1.29, 1.82) is 0 Å². The van der Waals surface area contributed by atoms with E-state index in [0.717, 1.165) is 18.5 Å². The zero-order chi connectivity index (χ0) is 18.4. The van der Waals surface area contributed by atoms with Gasteiger partial charge in [0.25, 0.3) is 5.91 Å². The number of anilines is 2. The number of carbonyl (C=O) groups excluding carboxylic acids is 1. The highest BCUT2D eigenvalue weighted by Crippen LogP contribution is 2.20. The number of halogens is 1. The maximum Gasteiger partial charge on any atom is 0.276 e. The van der Waals surface area contributed by atoms with Crippen molar-refractivity contribution in [2.45, 2.75) is 13.3 Å². The van der Waals surface area contributed by atoms with Gasteiger partial charge >= 0.3 is 0 Å². The predicted molar refractivity (Wildman–Crippen MR) is 105 cm³/mol. The molecule has 0 spiro atoms. The Balaban J connectivity index is 1.55. The summed E-state index contributed by atoms with van der Waals surface area (Å²) in [4.78, 5) is 12.3. The maximum atomic E-state index is 12.3. The first-order valence-electron chi connectivity index (χ1n) is 8.31. The third-order valence-corrected chi connectivity index (χ3v) is 4.13. The second-order valence-electron chi connectivity index (χ2n) is 5.88. The summed E-state index contributed by atoms with van der Waals surface area (Å²) in [7, 11) is 0. The van der Waals surface area contributed by atoms with E-state index < -0.39 is 0 Å². The third kappa shape index (κ3) is 4.80. The minimum Gasteiger partial charge on any atom is -0.368 e. The van der Waals surface area contributed by atoms with E-state index in [2.05, 4.69) is 33.0 Å². The highest BCUT2D eigenvalue weighted by molar-refractivity contribution is 6.30. The number of hydrogen-bond acceptors (Lipinski definition) is 4. The van der Waals surface area contributed by atoms with Gasteiger partial charge in [-0.25, -0.2) is 0 Å². The number of rotatable bonds is 6. The monoisotopic (exact) mass is 366 g/mol. The van der Waals surface area contributed by atoms with Crippen LogP contribution in [0.1, 0.15) is 21.6 Å². The van der Waals surface area contributed by atoms with Crippen molar-refractivity contribution < 1.29 is 4.79 Å². The lowest BCUT2D eigenvalue weighted by atomic mass is 10.1. The molecule has 0 saturated carbocycles. The second-order valence-corrected chi connectivity index (χ2v) is 6.32. The topological polar surface area (TPSA) is 66.9 Å². The summed E-state index contributed by atoms with van der Waals surface area (Å²) in [5.74, 6) is 0.332. The maximum absolute atomic E-state index is 12.3. The van der Waals surface area contributed by atoms with E-state index in [1.807, 2.05) is 25.1 Å². The molecule has 132 valence electrons. The second kappa shape index (κ2) is 8.45. The number of aryl methyl sites for hydroxylation is 1. The fourth-order valence-corrected chi connectivity index (χ4v) is 2.71. The van der Waals surface area contributed by atoms with Gasteiger partial charge in [0.2, 0.25) is 0 Å². The molecule has 0 bridgehead atoms. The number of nitrogens with zero attached hydrogens (tertiary/aromatic N) is 2. The summed E-state index contributed by atoms with van der Waals surface area (Å²) in [6.07, 6.45) is 0.889. The Kier molecular flexibility index (Phi) is 5.81. The van der Waals surface area contributed by atoms with Crippen LogP contribution >= 0.6 is 11.6 Å². The molecular formula is C20H19ClN4O. The van der Waals surface area contributed by atoms with Gasteiger partial charge in [-0.05, 0) is 54.8 Å². The summed E-state index contributed by atoms with van der Waals surface area (Å²) in [5, 5.41) is 14.7. The van der Waals surface area contributed by atoms with E-state index in [0.29, 0.717) is 16.5 Å². The van der Waals surface area contributed by atoms with Crippen LogP contribution in [0.2, 0.25) is 5.02 Å². The summed E-state index contributed by atoms with van der Waals surface area (Å²) in [6, 6.07) is 18.9. The van der Waals surface area contributed by atoms with Gasteiger partial charge in [-0.2, -0.15) is 0 Å². The Morgan fingerprint density at radius 1 is 1.04 bits per heavy atom. The Morgan fingerprint density at radius 2 is 1.85 bits per heavy atom. The summed E-state index contributed by atoms with van der Waals surface area (Å²) in [6.45, 7) is 2.63. The van der Waals surface area contributed by atoms with Crippen LogP contribution in [0.3, 0.4) is 0 Å². The van der Waals surface area contributed by atoms with Crippen LogP contribution in [0, 0.1) is 6.92 Å². The molecule has 5 nitrogen and oxygen atoms in total. The van der Waals surface area contributed by atoms with Gasteiger partial charge in [-0.15, -0.1) is 10.2 Å². The third-order valence-electron chi connectivity index (χ3n) is 3.90. The molecule has 0 atom stereocenters. The molecule has 0 saturated heterocycles. The van der Waals surface area contributed by atoms with Crippen molar-refractivity contribution in [3.05, 3.63) is 82.5 Å². The average molecular weight is 367 g/mol. The van der Waals surface area contributed by atoms with Gasteiger partial charge in [0.05, 0.1) is 0 Å². The van der Waals surface area contributed by atoms with Crippen molar-refractivity contribution in [1.82, 2.24) is 10.2 Å². The van der Waals surface area contributed by atoms with E-state index in [-0.39, 0.29) is 11.6 Å². The Hall–Kier alpha value is -2.92. The molecule has 0 aliphatic heterocycles. The molecule has 2 aromatic carbocycles. The van der Waals surface area contributed by atoms with Gasteiger partial charge in [0.1, 0.15) is 5.82 Å². The van der Waals surface area contributed by atoms with Crippen LogP contribution in [-0.2, 0) is 6.42 Å². The number of carbonyl (C=O) groups is 1. The summed E-state index contributed by atoms with van der Waals surface area (Å²) >= 11 is 5.93. The molecule has 0 fully saturated rings. The molecule has 1 amide bonds. The van der Waals surface area contributed by atoms with E-state index in [4.69, 9.17) is 11.6 Å². The van der Waals surface area contributed by atoms with Gasteiger partial charge < -0.3 is 10.6 Å². The molecule has 3 rings (SSSR count). The first-order chi connectivity index (χ1) is 12.6. The summed E-state index contributed by atoms with van der Waals surface area (Å²) < 4.78 is 0. The molecular weight excluding hydrogens is 348 g/mol. The first-order valence-corrected chi connectivity index (χ1v) is 8.68. The number of hydrogen-bond donors (Lipinski definition) is 2. The zero-order valence-electron chi connectivity index (χ0n) is 14.4. The van der Waals surface area contributed by atoms with Crippen molar-refractivity contribution in [3.8, 4) is 0 Å². The lowest BCUT2D eigenvalue weighted by Gasteiger charge is -2.09. The van der Waals surface area contributed by atoms with Crippen molar-refractivity contribution in [3.63, 3.8) is 0 Å². The fraction of sp³-hybridized carbons (Fsp3) is 0.150. The number of nitrogens with one attached hydrogen (secondary N) is 2. The smallest absolute Gasteiger partial charge is 0.276 e. The largest absolute Gasteiger partial charge is 0.368 e. The Labute approximate surface area is 157 Å². The average Bonchev–Trinajstić information content (AvgIpc) is 2.65. The molecule has 3 aromatic rings. The summed E-state index contributed by atoms with van der Waals surface area (Å²) in [5.41, 5.74) is 3.10. The molecule has 0 unspecified atom stereocenters. The van der Waals surface area contributed by atoms with E-state index in [1.54, 1.807) is 30.3 Å². The van der Waals surface area contributed by atoms with Crippen molar-refractivity contribution in [2.75, 3.05) is 17.2 Å². The molecule has 2 N–H and O–H groups in total. The molecule has 6 heteroatoms. The van der Waals surface area contributed by atoms with Crippen LogP contribution < -0.4 is 10.6 Å². The molecule has 0 aliphatic rings. The fourth-order valence-electron chi connectivity index (χ4n) is 2.48. The Morgan fingerprint density at radius 3 is 2.54 bits per heavy atom. The van der Waals surface area contributed by atoms with E-state index in [1.165, 1.54) is 5.56 Å². The molecule has 0 aliphatic carbocycles. The molecule has 26 heavy (non-hydrogen) atoms. The normalized spacial score (nSPS) is 10.4. The van der Waals surface area contributed by atoms with Gasteiger partial charge in [-0.3, -0.25) is 4.79 Å². The van der Waals surface area contributed by atoms with Crippen LogP contribution in [0.25, 0.3) is 0 Å². The molecule has 1 aromatic heterocycles. The highest BCUT2D eigenvalue weighted by Gasteiger charge is 2.10. The van der Waals surface area contributed by atoms with Crippen LogP contribution in [-0.4, -0.2) is 22.6 Å². The van der Waals surface area contributed by atoms with E-state index in [9.17, 15) is 4.79 Å².